The van der Waals surface area contributed by atoms with Crippen molar-refractivity contribution >= 4 is 11.6 Å². The number of carbonyl (C=O) groups is 1. The van der Waals surface area contributed by atoms with Gasteiger partial charge in [-0.1, -0.05) is 12.1 Å². The van der Waals surface area contributed by atoms with Gasteiger partial charge in [0, 0.05) is 5.69 Å². The van der Waals surface area contributed by atoms with Crippen molar-refractivity contribution in [2.45, 2.75) is 13.0 Å². The molecule has 0 heterocycles. The maximum atomic E-state index is 13.1. The van der Waals surface area contributed by atoms with Gasteiger partial charge in [-0.15, -0.1) is 0 Å². The third kappa shape index (κ3) is 4.20. The molecule has 0 aromatic heterocycles. The van der Waals surface area contributed by atoms with E-state index < -0.39 is 5.91 Å². The van der Waals surface area contributed by atoms with Crippen LogP contribution < -0.4 is 15.1 Å². The molecule has 0 spiro atoms. The zero-order chi connectivity index (χ0) is 16.8. The molecule has 2 N–H and O–H groups in total. The highest BCUT2D eigenvalue weighted by atomic mass is 19.1. The standard InChI is InChI=1S/C17H19FN2O3/c1-12(13-3-9-16(23-2)10-4-13)20(11-17(21)19-22)15-7-5-14(18)6-8-15/h3-10,12,22H,11H2,1-2H3,(H,19,21). The van der Waals surface area contributed by atoms with Crippen LogP contribution in [0.2, 0.25) is 0 Å². The van der Waals surface area contributed by atoms with Gasteiger partial charge in [-0.2, -0.15) is 0 Å². The van der Waals surface area contributed by atoms with Gasteiger partial charge in [-0.25, -0.2) is 9.87 Å². The van der Waals surface area contributed by atoms with Gasteiger partial charge in [0.05, 0.1) is 19.7 Å². The fraction of sp³-hybridized carbons (Fsp3) is 0.235. The average Bonchev–Trinajstić information content (AvgIpc) is 2.60. The molecule has 0 aliphatic carbocycles. The van der Waals surface area contributed by atoms with Crippen LogP contribution in [-0.2, 0) is 4.79 Å². The predicted molar refractivity (Wildman–Crippen MR) is 85.1 cm³/mol. The Bertz CT molecular complexity index is 644. The number of ether oxygens (including phenoxy) is 1. The highest BCUT2D eigenvalue weighted by Gasteiger charge is 2.19. The molecule has 1 atom stereocenters. The molecular formula is C17H19FN2O3. The number of amides is 1. The first-order chi connectivity index (χ1) is 11.0. The van der Waals surface area contributed by atoms with Crippen LogP contribution in [0.4, 0.5) is 10.1 Å². The smallest absolute Gasteiger partial charge is 0.262 e. The maximum absolute atomic E-state index is 13.1. The molecule has 1 unspecified atom stereocenters. The van der Waals surface area contributed by atoms with Crippen LogP contribution in [-0.4, -0.2) is 24.8 Å². The third-order valence-corrected chi connectivity index (χ3v) is 3.66. The number of hydrogen-bond acceptors (Lipinski definition) is 4. The lowest BCUT2D eigenvalue weighted by Crippen LogP contribution is -2.37. The van der Waals surface area contributed by atoms with Crippen molar-refractivity contribution in [2.75, 3.05) is 18.6 Å². The predicted octanol–water partition coefficient (Wildman–Crippen LogP) is 2.91. The van der Waals surface area contributed by atoms with Gasteiger partial charge in [0.15, 0.2) is 0 Å². The van der Waals surface area contributed by atoms with Crippen molar-refractivity contribution in [1.82, 2.24) is 5.48 Å². The Morgan fingerprint density at radius 2 is 1.83 bits per heavy atom. The second-order valence-corrected chi connectivity index (χ2v) is 5.09. The SMILES string of the molecule is COc1ccc(C(C)N(CC(=O)NO)c2ccc(F)cc2)cc1. The molecule has 5 nitrogen and oxygen atoms in total. The van der Waals surface area contributed by atoms with Crippen molar-refractivity contribution in [1.29, 1.82) is 0 Å². The third-order valence-electron chi connectivity index (χ3n) is 3.66. The molecule has 2 aromatic carbocycles. The average molecular weight is 318 g/mol. The number of benzene rings is 2. The topological polar surface area (TPSA) is 61.8 Å². The van der Waals surface area contributed by atoms with Gasteiger partial charge in [0.25, 0.3) is 5.91 Å². The number of hydroxylamine groups is 1. The van der Waals surface area contributed by atoms with Gasteiger partial charge in [-0.3, -0.25) is 10.0 Å². The van der Waals surface area contributed by atoms with E-state index in [9.17, 15) is 9.18 Å². The summed E-state index contributed by atoms with van der Waals surface area (Å²) >= 11 is 0. The Kier molecular flexibility index (Phi) is 5.54. The second-order valence-electron chi connectivity index (χ2n) is 5.09. The van der Waals surface area contributed by atoms with Crippen LogP contribution >= 0.6 is 0 Å². The Balaban J connectivity index is 2.30. The molecule has 0 aliphatic heterocycles. The summed E-state index contributed by atoms with van der Waals surface area (Å²) in [7, 11) is 1.59. The number of halogens is 1. The fourth-order valence-electron chi connectivity index (χ4n) is 2.34. The van der Waals surface area contributed by atoms with Crippen LogP contribution in [0, 0.1) is 5.82 Å². The molecule has 23 heavy (non-hydrogen) atoms. The van der Waals surface area contributed by atoms with Gasteiger partial charge in [0.1, 0.15) is 11.6 Å². The summed E-state index contributed by atoms with van der Waals surface area (Å²) in [5.41, 5.74) is 3.26. The van der Waals surface area contributed by atoms with Crippen molar-refractivity contribution in [3.8, 4) is 5.75 Å². The molecule has 2 rings (SSSR count). The van der Waals surface area contributed by atoms with Gasteiger partial charge in [0.2, 0.25) is 0 Å². The molecule has 6 heteroatoms. The quantitative estimate of drug-likeness (QED) is 0.635. The Labute approximate surface area is 134 Å². The minimum atomic E-state index is -0.547. The zero-order valence-corrected chi connectivity index (χ0v) is 13.0. The van der Waals surface area contributed by atoms with E-state index in [0.29, 0.717) is 5.69 Å². The van der Waals surface area contributed by atoms with Crippen LogP contribution in [0.3, 0.4) is 0 Å². The van der Waals surface area contributed by atoms with E-state index in [1.165, 1.54) is 12.1 Å². The normalized spacial score (nSPS) is 11.7. The molecule has 2 aromatic rings. The van der Waals surface area contributed by atoms with Crippen LogP contribution in [0.15, 0.2) is 48.5 Å². The number of carbonyl (C=O) groups excluding carboxylic acids is 1. The second kappa shape index (κ2) is 7.60. The fourth-order valence-corrected chi connectivity index (χ4v) is 2.34. The van der Waals surface area contributed by atoms with E-state index in [1.54, 1.807) is 29.6 Å². The monoisotopic (exact) mass is 318 g/mol. The van der Waals surface area contributed by atoms with Gasteiger partial charge < -0.3 is 9.64 Å². The van der Waals surface area contributed by atoms with Crippen LogP contribution in [0.1, 0.15) is 18.5 Å². The van der Waals surface area contributed by atoms with Crippen LogP contribution in [0.25, 0.3) is 0 Å². The molecule has 0 saturated carbocycles. The van der Waals surface area contributed by atoms with Crippen molar-refractivity contribution in [3.05, 3.63) is 59.9 Å². The lowest BCUT2D eigenvalue weighted by molar-refractivity contribution is -0.127. The summed E-state index contributed by atoms with van der Waals surface area (Å²) in [6, 6.07) is 13.2. The molecule has 0 saturated heterocycles. The summed E-state index contributed by atoms with van der Waals surface area (Å²) in [6.45, 7) is 1.87. The first-order valence-electron chi connectivity index (χ1n) is 7.14. The molecule has 0 bridgehead atoms. The first kappa shape index (κ1) is 16.8. The first-order valence-corrected chi connectivity index (χ1v) is 7.14. The summed E-state index contributed by atoms with van der Waals surface area (Å²) < 4.78 is 18.3. The maximum Gasteiger partial charge on any atom is 0.262 e. The highest BCUT2D eigenvalue weighted by molar-refractivity contribution is 5.80. The number of anilines is 1. The number of nitrogens with one attached hydrogen (secondary N) is 1. The number of rotatable bonds is 6. The Hall–Kier alpha value is -2.60. The molecule has 122 valence electrons. The van der Waals surface area contributed by atoms with Crippen molar-refractivity contribution in [2.24, 2.45) is 0 Å². The Morgan fingerprint density at radius 3 is 2.35 bits per heavy atom. The molecule has 1 amide bonds. The lowest BCUT2D eigenvalue weighted by Gasteiger charge is -2.31. The molecule has 0 radical (unpaired) electrons. The van der Waals surface area contributed by atoms with Crippen molar-refractivity contribution in [3.63, 3.8) is 0 Å². The Morgan fingerprint density at radius 1 is 1.22 bits per heavy atom. The number of methoxy groups -OCH3 is 1. The molecule has 0 aliphatic rings. The van der Waals surface area contributed by atoms with E-state index in [0.717, 1.165) is 11.3 Å². The van der Waals surface area contributed by atoms with Gasteiger partial charge in [-0.05, 0) is 48.9 Å². The van der Waals surface area contributed by atoms with E-state index in [2.05, 4.69) is 0 Å². The van der Waals surface area contributed by atoms with Gasteiger partial charge >= 0.3 is 0 Å². The van der Waals surface area contributed by atoms with Crippen molar-refractivity contribution < 1.29 is 19.1 Å². The summed E-state index contributed by atoms with van der Waals surface area (Å²) in [4.78, 5) is 13.4. The zero-order valence-electron chi connectivity index (χ0n) is 13.0. The lowest BCUT2D eigenvalue weighted by atomic mass is 10.1. The summed E-state index contributed by atoms with van der Waals surface area (Å²) in [5, 5.41) is 8.79. The molecular weight excluding hydrogens is 299 g/mol. The number of nitrogens with zero attached hydrogens (tertiary/aromatic N) is 1. The number of hydrogen-bond donors (Lipinski definition) is 2. The highest BCUT2D eigenvalue weighted by Crippen LogP contribution is 2.28. The summed E-state index contributed by atoms with van der Waals surface area (Å²) in [6.07, 6.45) is 0. The minimum Gasteiger partial charge on any atom is -0.497 e. The molecule has 0 fully saturated rings. The van der Waals surface area contributed by atoms with E-state index >= 15 is 0 Å². The van der Waals surface area contributed by atoms with Crippen LogP contribution in [0.5, 0.6) is 5.75 Å². The van der Waals surface area contributed by atoms with E-state index in [-0.39, 0.29) is 18.4 Å². The van der Waals surface area contributed by atoms with E-state index in [1.807, 2.05) is 31.2 Å². The largest absolute Gasteiger partial charge is 0.497 e. The summed E-state index contributed by atoms with van der Waals surface area (Å²) in [5.74, 6) is -0.158. The minimum absolute atomic E-state index is 0.0602. The van der Waals surface area contributed by atoms with E-state index in [4.69, 9.17) is 9.94 Å².